The van der Waals surface area contributed by atoms with Gasteiger partial charge in [0.05, 0.1) is 11.5 Å². The van der Waals surface area contributed by atoms with E-state index in [4.69, 9.17) is 4.74 Å². The van der Waals surface area contributed by atoms with Crippen LogP contribution in [0.2, 0.25) is 0 Å². The van der Waals surface area contributed by atoms with Crippen molar-refractivity contribution in [1.29, 1.82) is 0 Å². The zero-order chi connectivity index (χ0) is 14.2. The number of carbonyl (C=O) groups excluding carboxylic acids is 1. The fraction of sp³-hybridized carbons (Fsp3) is 0.353. The highest BCUT2D eigenvalue weighted by atomic mass is 16.5. The molecular weight excluding hydrogens is 252 g/mol. The number of ether oxygens (including phenoxy) is 1. The van der Waals surface area contributed by atoms with Gasteiger partial charge in [0.15, 0.2) is 0 Å². The van der Waals surface area contributed by atoms with Gasteiger partial charge in [0, 0.05) is 0 Å². The van der Waals surface area contributed by atoms with Crippen LogP contribution in [-0.2, 0) is 16.1 Å². The summed E-state index contributed by atoms with van der Waals surface area (Å²) in [5.74, 6) is -0.212. The molecule has 104 valence electrons. The van der Waals surface area contributed by atoms with E-state index in [1.54, 1.807) is 0 Å². The van der Waals surface area contributed by atoms with Gasteiger partial charge in [-0.05, 0) is 36.1 Å². The molecule has 1 aliphatic carbocycles. The molecule has 20 heavy (non-hydrogen) atoms. The predicted octanol–water partition coefficient (Wildman–Crippen LogP) is 3.04. The Hall–Kier alpha value is -1.87. The third kappa shape index (κ3) is 2.29. The Morgan fingerprint density at radius 3 is 2.70 bits per heavy atom. The average molecular weight is 270 g/mol. The van der Waals surface area contributed by atoms with Gasteiger partial charge >= 0.3 is 5.97 Å². The van der Waals surface area contributed by atoms with Crippen LogP contribution in [0.4, 0.5) is 0 Å². The summed E-state index contributed by atoms with van der Waals surface area (Å²) in [5.41, 5.74) is 0.504. The van der Waals surface area contributed by atoms with Crippen LogP contribution in [-0.4, -0.2) is 17.2 Å². The standard InChI is InChI=1S/C17H18O3/c1-17(9-14(18)10-17)16(19)20-11-13-7-4-6-12-5-2-3-8-15(12)13/h2-8,14,18H,9-11H2,1H3. The average Bonchev–Trinajstić information content (AvgIpc) is 2.43. The van der Waals surface area contributed by atoms with Gasteiger partial charge in [0.2, 0.25) is 0 Å². The highest BCUT2D eigenvalue weighted by Crippen LogP contribution is 2.41. The van der Waals surface area contributed by atoms with Gasteiger partial charge in [-0.25, -0.2) is 0 Å². The van der Waals surface area contributed by atoms with Crippen molar-refractivity contribution >= 4 is 16.7 Å². The van der Waals surface area contributed by atoms with Crippen LogP contribution in [0.15, 0.2) is 42.5 Å². The smallest absolute Gasteiger partial charge is 0.312 e. The quantitative estimate of drug-likeness (QED) is 0.872. The Kier molecular flexibility index (Phi) is 3.22. The van der Waals surface area contributed by atoms with E-state index in [1.165, 1.54) is 0 Å². The lowest BCUT2D eigenvalue weighted by Gasteiger charge is -2.39. The van der Waals surface area contributed by atoms with Gasteiger partial charge in [-0.2, -0.15) is 0 Å². The molecule has 2 aromatic rings. The van der Waals surface area contributed by atoms with Gasteiger partial charge in [-0.15, -0.1) is 0 Å². The Balaban J connectivity index is 1.73. The second-order valence-electron chi connectivity index (χ2n) is 5.84. The first-order chi connectivity index (χ1) is 9.58. The normalized spacial score (nSPS) is 25.2. The van der Waals surface area contributed by atoms with Gasteiger partial charge in [-0.1, -0.05) is 42.5 Å². The molecule has 0 aromatic heterocycles. The molecule has 0 bridgehead atoms. The molecule has 0 unspecified atom stereocenters. The van der Waals surface area contributed by atoms with Crippen molar-refractivity contribution in [2.45, 2.75) is 32.5 Å². The second-order valence-corrected chi connectivity index (χ2v) is 5.84. The van der Waals surface area contributed by atoms with E-state index < -0.39 is 5.41 Å². The third-order valence-corrected chi connectivity index (χ3v) is 4.10. The van der Waals surface area contributed by atoms with E-state index in [2.05, 4.69) is 0 Å². The molecule has 0 spiro atoms. The minimum atomic E-state index is -0.510. The van der Waals surface area contributed by atoms with Crippen LogP contribution in [0, 0.1) is 5.41 Å². The largest absolute Gasteiger partial charge is 0.460 e. The zero-order valence-corrected chi connectivity index (χ0v) is 11.5. The van der Waals surface area contributed by atoms with Crippen molar-refractivity contribution in [2.24, 2.45) is 5.41 Å². The zero-order valence-electron chi connectivity index (χ0n) is 11.5. The Bertz CT molecular complexity index is 636. The summed E-state index contributed by atoms with van der Waals surface area (Å²) >= 11 is 0. The molecule has 3 heteroatoms. The number of aliphatic hydroxyl groups is 1. The van der Waals surface area contributed by atoms with Crippen molar-refractivity contribution < 1.29 is 14.6 Å². The van der Waals surface area contributed by atoms with Crippen molar-refractivity contribution in [3.8, 4) is 0 Å². The Morgan fingerprint density at radius 2 is 1.95 bits per heavy atom. The number of fused-ring (bicyclic) bond motifs is 1. The number of hydrogen-bond donors (Lipinski definition) is 1. The van der Waals surface area contributed by atoms with E-state index >= 15 is 0 Å². The van der Waals surface area contributed by atoms with Gasteiger partial charge in [-0.3, -0.25) is 4.79 Å². The van der Waals surface area contributed by atoms with E-state index in [1.807, 2.05) is 49.4 Å². The summed E-state index contributed by atoms with van der Waals surface area (Å²) in [6.07, 6.45) is 0.646. The number of aliphatic hydroxyl groups excluding tert-OH is 1. The second kappa shape index (κ2) is 4.91. The number of benzene rings is 2. The first-order valence-electron chi connectivity index (χ1n) is 6.90. The molecule has 0 radical (unpaired) electrons. The molecular formula is C17H18O3. The van der Waals surface area contributed by atoms with Crippen LogP contribution in [0.25, 0.3) is 10.8 Å². The maximum Gasteiger partial charge on any atom is 0.312 e. The first-order valence-corrected chi connectivity index (χ1v) is 6.90. The van der Waals surface area contributed by atoms with E-state index in [0.717, 1.165) is 16.3 Å². The lowest BCUT2D eigenvalue weighted by atomic mass is 9.68. The molecule has 0 atom stereocenters. The lowest BCUT2D eigenvalue weighted by Crippen LogP contribution is -2.45. The summed E-state index contributed by atoms with van der Waals surface area (Å²) in [7, 11) is 0. The number of rotatable bonds is 3. The molecule has 1 saturated carbocycles. The molecule has 3 nitrogen and oxygen atoms in total. The van der Waals surface area contributed by atoms with Crippen LogP contribution in [0.1, 0.15) is 25.3 Å². The Labute approximate surface area is 118 Å². The fourth-order valence-electron chi connectivity index (χ4n) is 2.88. The molecule has 3 rings (SSSR count). The summed E-state index contributed by atoms with van der Waals surface area (Å²) in [6.45, 7) is 2.14. The highest BCUT2D eigenvalue weighted by Gasteiger charge is 2.46. The molecule has 1 aliphatic rings. The summed E-state index contributed by atoms with van der Waals surface area (Å²) in [4.78, 5) is 12.1. The lowest BCUT2D eigenvalue weighted by molar-refractivity contribution is -0.169. The maximum absolute atomic E-state index is 12.1. The topological polar surface area (TPSA) is 46.5 Å². The van der Waals surface area contributed by atoms with Crippen LogP contribution in [0.3, 0.4) is 0 Å². The molecule has 0 amide bonds. The highest BCUT2D eigenvalue weighted by molar-refractivity contribution is 5.86. The Morgan fingerprint density at radius 1 is 1.25 bits per heavy atom. The maximum atomic E-state index is 12.1. The van der Waals surface area contributed by atoms with Crippen molar-refractivity contribution in [1.82, 2.24) is 0 Å². The molecule has 0 aliphatic heterocycles. The summed E-state index contributed by atoms with van der Waals surface area (Å²) < 4.78 is 5.44. The predicted molar refractivity (Wildman–Crippen MR) is 77.1 cm³/mol. The minimum Gasteiger partial charge on any atom is -0.460 e. The number of esters is 1. The van der Waals surface area contributed by atoms with Crippen molar-refractivity contribution in [3.05, 3.63) is 48.0 Å². The minimum absolute atomic E-state index is 0.212. The first kappa shape index (κ1) is 13.1. The summed E-state index contributed by atoms with van der Waals surface area (Å²) in [6, 6.07) is 14.1. The molecule has 0 saturated heterocycles. The molecule has 1 fully saturated rings. The molecule has 1 N–H and O–H groups in total. The van der Waals surface area contributed by atoms with Crippen LogP contribution in [0.5, 0.6) is 0 Å². The van der Waals surface area contributed by atoms with E-state index in [0.29, 0.717) is 12.8 Å². The van der Waals surface area contributed by atoms with E-state index in [-0.39, 0.29) is 18.7 Å². The van der Waals surface area contributed by atoms with Crippen LogP contribution >= 0.6 is 0 Å². The fourth-order valence-corrected chi connectivity index (χ4v) is 2.88. The SMILES string of the molecule is CC1(C(=O)OCc2cccc3ccccc23)CC(O)C1. The third-order valence-electron chi connectivity index (χ3n) is 4.10. The van der Waals surface area contributed by atoms with Crippen LogP contribution < -0.4 is 0 Å². The van der Waals surface area contributed by atoms with Crippen molar-refractivity contribution in [2.75, 3.05) is 0 Å². The van der Waals surface area contributed by atoms with Crippen molar-refractivity contribution in [3.63, 3.8) is 0 Å². The van der Waals surface area contributed by atoms with E-state index in [9.17, 15) is 9.90 Å². The van der Waals surface area contributed by atoms with Gasteiger partial charge in [0.1, 0.15) is 6.61 Å². The summed E-state index contributed by atoms with van der Waals surface area (Å²) in [5, 5.41) is 11.6. The van der Waals surface area contributed by atoms with Gasteiger partial charge in [0.25, 0.3) is 0 Å². The monoisotopic (exact) mass is 270 g/mol. The van der Waals surface area contributed by atoms with Gasteiger partial charge < -0.3 is 9.84 Å². The number of hydrogen-bond acceptors (Lipinski definition) is 3. The number of carbonyl (C=O) groups is 1. The molecule has 0 heterocycles. The molecule has 2 aromatic carbocycles.